The van der Waals surface area contributed by atoms with Crippen LogP contribution in [0.15, 0.2) is 0 Å². The van der Waals surface area contributed by atoms with Crippen LogP contribution >= 0.6 is 8.60 Å². The predicted molar refractivity (Wildman–Crippen MR) is 32.1 cm³/mol. The van der Waals surface area contributed by atoms with E-state index in [1.165, 1.54) is 0 Å². The van der Waals surface area contributed by atoms with E-state index in [1.807, 2.05) is 0 Å². The lowest BCUT2D eigenvalue weighted by molar-refractivity contribution is 0.368. The van der Waals surface area contributed by atoms with E-state index in [-0.39, 0.29) is 40.4 Å². The fourth-order valence-electron chi connectivity index (χ4n) is 0. The monoisotopic (exact) mass is 138 g/mol. The molecule has 0 aliphatic rings. The van der Waals surface area contributed by atoms with Gasteiger partial charge in [-0.1, -0.05) is 0 Å². The summed E-state index contributed by atoms with van der Waals surface area (Å²) in [5, 5.41) is 0. The third-order valence-electron chi connectivity index (χ3n) is 0. The third kappa shape index (κ3) is 46.0. The van der Waals surface area contributed by atoms with Gasteiger partial charge in [-0.25, -0.2) is 0 Å². The van der Waals surface area contributed by atoms with Crippen molar-refractivity contribution in [2.24, 2.45) is 0 Å². The molecule has 0 unspecified atom stereocenters. The maximum Gasteiger partial charge on any atom is 0.324 e. The van der Waals surface area contributed by atoms with Gasteiger partial charge < -0.3 is 14.7 Å². The molecule has 3 nitrogen and oxygen atoms in total. The van der Waals surface area contributed by atoms with Gasteiger partial charge in [0.05, 0.1) is 0 Å². The van der Waals surface area contributed by atoms with Crippen LogP contribution in [0.3, 0.4) is 0 Å². The summed E-state index contributed by atoms with van der Waals surface area (Å²) >= 11 is 0. The molecule has 3 N–H and O–H groups in total. The van der Waals surface area contributed by atoms with Crippen LogP contribution < -0.4 is 0 Å². The zero-order valence-corrected chi connectivity index (χ0v) is 2.68. The summed E-state index contributed by atoms with van der Waals surface area (Å²) in [5.41, 5.74) is 0. The van der Waals surface area contributed by atoms with Crippen LogP contribution in [0.1, 0.15) is 0 Å². The lowest BCUT2D eigenvalue weighted by Gasteiger charge is -1.76. The van der Waals surface area contributed by atoms with Crippen LogP contribution in [-0.2, 0) is 0 Å². The largest absolute Gasteiger partial charge is 0.328 e. The fourth-order valence-corrected chi connectivity index (χ4v) is 0. The first-order chi connectivity index (χ1) is 1.73. The topological polar surface area (TPSA) is 60.7 Å². The summed E-state index contributed by atoms with van der Waals surface area (Å²) in [4.78, 5) is 21.7. The molecule has 6 heavy (non-hydrogen) atoms. The Bertz CT molecular complexity index is 15.5. The molecule has 0 saturated carbocycles. The van der Waals surface area contributed by atoms with E-state index in [0.29, 0.717) is 0 Å². The maximum atomic E-state index is 7.23. The van der Waals surface area contributed by atoms with Crippen molar-refractivity contribution >= 4 is 49.0 Å². The van der Waals surface area contributed by atoms with Gasteiger partial charge in [0.2, 0.25) is 0 Å². The highest BCUT2D eigenvalue weighted by Crippen LogP contribution is 2.11. The SMILES string of the molecule is OP(O)O.[AlH3].[MgH2]. The van der Waals surface area contributed by atoms with Crippen molar-refractivity contribution in [2.45, 2.75) is 0 Å². The Balaban J connectivity index is -0.0000000450. The molecule has 0 amide bonds. The summed E-state index contributed by atoms with van der Waals surface area (Å²) in [5.74, 6) is 0. The minimum absolute atomic E-state index is 0. The van der Waals surface area contributed by atoms with Gasteiger partial charge >= 0.3 is 31.7 Å². The quantitative estimate of drug-likeness (QED) is 0.248. The summed E-state index contributed by atoms with van der Waals surface area (Å²) < 4.78 is 0. The molecule has 0 aromatic carbocycles. The highest BCUT2D eigenvalue weighted by Gasteiger charge is 1.76. The molecule has 0 saturated heterocycles. The number of hydrogen-bond donors (Lipinski definition) is 3. The minimum atomic E-state index is -2.62. The molecule has 0 aromatic rings. The second-order valence-corrected chi connectivity index (χ2v) is 0.805. The average molecular weight is 138 g/mol. The molecule has 0 heterocycles. The van der Waals surface area contributed by atoms with Crippen LogP contribution in [0.2, 0.25) is 0 Å². The highest BCUT2D eigenvalue weighted by molar-refractivity contribution is 7.38. The van der Waals surface area contributed by atoms with Crippen molar-refractivity contribution in [3.05, 3.63) is 0 Å². The van der Waals surface area contributed by atoms with Crippen molar-refractivity contribution in [3.8, 4) is 0 Å². The van der Waals surface area contributed by atoms with Gasteiger partial charge in [0, 0.05) is 0 Å². The minimum Gasteiger partial charge on any atom is -0.328 e. The van der Waals surface area contributed by atoms with Crippen molar-refractivity contribution in [1.29, 1.82) is 0 Å². The molecule has 6 heteroatoms. The van der Waals surface area contributed by atoms with Crippen molar-refractivity contribution in [3.63, 3.8) is 0 Å². The second kappa shape index (κ2) is 9.79. The maximum absolute atomic E-state index is 7.23. The van der Waals surface area contributed by atoms with Crippen molar-refractivity contribution in [2.75, 3.05) is 0 Å². The van der Waals surface area contributed by atoms with Crippen LogP contribution in [0.4, 0.5) is 0 Å². The van der Waals surface area contributed by atoms with Crippen molar-refractivity contribution in [1.82, 2.24) is 0 Å². The van der Waals surface area contributed by atoms with E-state index in [2.05, 4.69) is 0 Å². The van der Waals surface area contributed by atoms with E-state index >= 15 is 0 Å². The first-order valence-corrected chi connectivity index (χ1v) is 1.80. The summed E-state index contributed by atoms with van der Waals surface area (Å²) in [6, 6.07) is 0. The van der Waals surface area contributed by atoms with Crippen molar-refractivity contribution < 1.29 is 14.7 Å². The molecule has 0 rings (SSSR count). The zero-order chi connectivity index (χ0) is 3.58. The molecule has 0 aliphatic heterocycles. The van der Waals surface area contributed by atoms with Crippen LogP contribution in [-0.4, -0.2) is 55.1 Å². The summed E-state index contributed by atoms with van der Waals surface area (Å²) in [6.07, 6.45) is 0. The standard InChI is InChI=1S/Al.Mg.H3O3P.5H/c;;1-4(2)3;;;;;/h;;1-3H;;;;;. The second-order valence-electron chi connectivity index (χ2n) is 0.268. The molecule has 0 aromatic heterocycles. The Labute approximate surface area is 63.7 Å². The van der Waals surface area contributed by atoms with Gasteiger partial charge in [-0.15, -0.1) is 0 Å². The molecule has 0 bridgehead atoms. The Hall–Kier alpha value is 1.61. The van der Waals surface area contributed by atoms with Crippen LogP contribution in [0.25, 0.3) is 0 Å². The van der Waals surface area contributed by atoms with Gasteiger partial charge in [0.25, 0.3) is 0 Å². The fraction of sp³-hybridized carbons (Fsp3) is 0. The predicted octanol–water partition coefficient (Wildman–Crippen LogP) is -2.91. The molecule has 0 fully saturated rings. The smallest absolute Gasteiger partial charge is 0.324 e. The lowest BCUT2D eigenvalue weighted by atomic mass is 15.8. The Morgan fingerprint density at radius 2 is 1.00 bits per heavy atom. The Morgan fingerprint density at radius 3 is 1.00 bits per heavy atom. The van der Waals surface area contributed by atoms with Crippen LogP contribution in [0.5, 0.6) is 0 Å². The highest BCUT2D eigenvalue weighted by atomic mass is 31.2. The van der Waals surface area contributed by atoms with Gasteiger partial charge in [0.1, 0.15) is 0 Å². The molecule has 0 atom stereocenters. The molecular weight excluding hydrogens is 130 g/mol. The molecule has 0 radical (unpaired) electrons. The van der Waals surface area contributed by atoms with E-state index in [1.54, 1.807) is 0 Å². The Morgan fingerprint density at radius 1 is 1.00 bits per heavy atom. The van der Waals surface area contributed by atoms with E-state index in [9.17, 15) is 0 Å². The first-order valence-electron chi connectivity index (χ1n) is 0.600. The summed E-state index contributed by atoms with van der Waals surface area (Å²) in [6.45, 7) is 0. The third-order valence-corrected chi connectivity index (χ3v) is 0. The number of rotatable bonds is 0. The van der Waals surface area contributed by atoms with Gasteiger partial charge in [0.15, 0.2) is 17.4 Å². The van der Waals surface area contributed by atoms with E-state index < -0.39 is 8.60 Å². The first kappa shape index (κ1) is 15.6. The lowest BCUT2D eigenvalue weighted by Crippen LogP contribution is -1.54. The normalized spacial score (nSPS) is 6.00. The molecule has 36 valence electrons. The molecule has 0 aliphatic carbocycles. The molecular formula is H8AlMgO3P. The van der Waals surface area contributed by atoms with Gasteiger partial charge in [-0.05, 0) is 0 Å². The van der Waals surface area contributed by atoms with Gasteiger partial charge in [-0.3, -0.25) is 0 Å². The van der Waals surface area contributed by atoms with E-state index in [0.717, 1.165) is 0 Å². The number of hydrogen-bond acceptors (Lipinski definition) is 3. The Kier molecular flexibility index (Phi) is 25.5. The zero-order valence-electron chi connectivity index (χ0n) is 1.79. The van der Waals surface area contributed by atoms with E-state index in [4.69, 9.17) is 14.7 Å². The van der Waals surface area contributed by atoms with Gasteiger partial charge in [-0.2, -0.15) is 0 Å². The average Bonchev–Trinajstić information content (AvgIpc) is 0.811. The van der Waals surface area contributed by atoms with Crippen LogP contribution in [0, 0.1) is 0 Å². The molecule has 0 spiro atoms. The summed E-state index contributed by atoms with van der Waals surface area (Å²) in [7, 11) is -2.62.